The molecule has 1 aliphatic rings. The van der Waals surface area contributed by atoms with Crippen LogP contribution in [0.25, 0.3) is 0 Å². The van der Waals surface area contributed by atoms with E-state index in [1.54, 1.807) is 6.92 Å². The minimum atomic E-state index is -0.0848. The number of hydrogen-bond donors (Lipinski definition) is 0. The first-order valence-electron chi connectivity index (χ1n) is 7.57. The molecular weight excluding hydrogens is 284 g/mol. The van der Waals surface area contributed by atoms with Gasteiger partial charge in [0.15, 0.2) is 5.82 Å². The predicted octanol–water partition coefficient (Wildman–Crippen LogP) is 2.28. The first-order chi connectivity index (χ1) is 10.6. The van der Waals surface area contributed by atoms with Crippen LogP contribution in [0.5, 0.6) is 0 Å². The quantitative estimate of drug-likeness (QED) is 0.861. The zero-order valence-corrected chi connectivity index (χ0v) is 13.1. The molecule has 3 heterocycles. The van der Waals surface area contributed by atoms with Gasteiger partial charge in [0.2, 0.25) is 11.8 Å². The Morgan fingerprint density at radius 2 is 2.09 bits per heavy atom. The number of amides is 1. The van der Waals surface area contributed by atoms with Crippen LogP contribution in [-0.2, 0) is 11.2 Å². The maximum Gasteiger partial charge on any atom is 0.249 e. The van der Waals surface area contributed by atoms with Crippen molar-refractivity contribution in [2.24, 2.45) is 0 Å². The Balaban J connectivity index is 1.66. The minimum absolute atomic E-state index is 0.0848. The van der Waals surface area contributed by atoms with Gasteiger partial charge in [0.25, 0.3) is 0 Å². The molecule has 0 aromatic carbocycles. The molecule has 22 heavy (non-hydrogen) atoms. The van der Waals surface area contributed by atoms with Gasteiger partial charge in [-0.1, -0.05) is 10.3 Å². The van der Waals surface area contributed by atoms with E-state index < -0.39 is 0 Å². The van der Waals surface area contributed by atoms with E-state index in [-0.39, 0.29) is 11.9 Å². The van der Waals surface area contributed by atoms with Crippen molar-refractivity contribution < 1.29 is 13.8 Å². The van der Waals surface area contributed by atoms with E-state index in [4.69, 9.17) is 9.05 Å². The van der Waals surface area contributed by atoms with E-state index in [2.05, 4.69) is 15.3 Å². The van der Waals surface area contributed by atoms with Gasteiger partial charge < -0.3 is 13.9 Å². The van der Waals surface area contributed by atoms with Gasteiger partial charge in [0.05, 0.1) is 5.69 Å². The minimum Gasteiger partial charge on any atom is -0.361 e. The fourth-order valence-electron chi connectivity index (χ4n) is 3.00. The van der Waals surface area contributed by atoms with Crippen molar-refractivity contribution in [3.63, 3.8) is 0 Å². The van der Waals surface area contributed by atoms with Crippen molar-refractivity contribution in [3.8, 4) is 0 Å². The normalized spacial score (nSPS) is 18.1. The average Bonchev–Trinajstić information content (AvgIpc) is 3.18. The summed E-state index contributed by atoms with van der Waals surface area (Å²) in [4.78, 5) is 18.7. The highest BCUT2D eigenvalue weighted by atomic mass is 16.5. The molecule has 1 fully saturated rings. The number of aromatic nitrogens is 3. The molecule has 7 heteroatoms. The molecule has 7 nitrogen and oxygen atoms in total. The largest absolute Gasteiger partial charge is 0.361 e. The predicted molar refractivity (Wildman–Crippen MR) is 77.0 cm³/mol. The van der Waals surface area contributed by atoms with Gasteiger partial charge in [-0.2, -0.15) is 4.98 Å². The van der Waals surface area contributed by atoms with Crippen LogP contribution in [0.4, 0.5) is 0 Å². The van der Waals surface area contributed by atoms with Gasteiger partial charge in [-0.15, -0.1) is 0 Å². The van der Waals surface area contributed by atoms with Crippen molar-refractivity contribution in [3.05, 3.63) is 28.7 Å². The van der Waals surface area contributed by atoms with Crippen LogP contribution in [-0.4, -0.2) is 32.6 Å². The van der Waals surface area contributed by atoms with Gasteiger partial charge in [-0.05, 0) is 40.0 Å². The summed E-state index contributed by atoms with van der Waals surface area (Å²) >= 11 is 0. The third kappa shape index (κ3) is 2.75. The molecule has 118 valence electrons. The Hall–Kier alpha value is -2.18. The van der Waals surface area contributed by atoms with Crippen molar-refractivity contribution in [1.29, 1.82) is 0 Å². The van der Waals surface area contributed by atoms with E-state index in [1.807, 2.05) is 18.7 Å². The maximum absolute atomic E-state index is 12.5. The van der Waals surface area contributed by atoms with Crippen LogP contribution in [0.3, 0.4) is 0 Å². The van der Waals surface area contributed by atoms with Crippen LogP contribution < -0.4 is 0 Å². The SMILES string of the molecule is Cc1noc(C2CCCN2C(=O)CCc2c(C)noc2C)n1. The Morgan fingerprint density at radius 1 is 1.27 bits per heavy atom. The van der Waals surface area contributed by atoms with Crippen molar-refractivity contribution in [1.82, 2.24) is 20.2 Å². The van der Waals surface area contributed by atoms with Gasteiger partial charge in [-0.3, -0.25) is 4.79 Å². The second kappa shape index (κ2) is 5.90. The van der Waals surface area contributed by atoms with Crippen LogP contribution in [0, 0.1) is 20.8 Å². The van der Waals surface area contributed by atoms with Gasteiger partial charge in [0.1, 0.15) is 11.8 Å². The lowest BCUT2D eigenvalue weighted by molar-refractivity contribution is -0.132. The highest BCUT2D eigenvalue weighted by Gasteiger charge is 2.33. The Labute approximate surface area is 128 Å². The second-order valence-electron chi connectivity index (χ2n) is 5.73. The van der Waals surface area contributed by atoms with Gasteiger partial charge >= 0.3 is 0 Å². The molecule has 2 aromatic heterocycles. The molecule has 3 rings (SSSR count). The zero-order chi connectivity index (χ0) is 15.7. The summed E-state index contributed by atoms with van der Waals surface area (Å²) in [5, 5.41) is 7.74. The van der Waals surface area contributed by atoms with Crippen LogP contribution in [0.2, 0.25) is 0 Å². The highest BCUT2D eigenvalue weighted by Crippen LogP contribution is 2.31. The summed E-state index contributed by atoms with van der Waals surface area (Å²) in [5.41, 5.74) is 1.88. The van der Waals surface area contributed by atoms with Crippen molar-refractivity contribution in [2.45, 2.75) is 52.5 Å². The molecular formula is C15H20N4O3. The van der Waals surface area contributed by atoms with Gasteiger partial charge in [0, 0.05) is 18.5 Å². The number of hydrogen-bond acceptors (Lipinski definition) is 6. The van der Waals surface area contributed by atoms with E-state index in [0.717, 1.165) is 36.4 Å². The van der Waals surface area contributed by atoms with Crippen molar-refractivity contribution >= 4 is 5.91 Å². The summed E-state index contributed by atoms with van der Waals surface area (Å²) in [7, 11) is 0. The molecule has 2 aromatic rings. The lowest BCUT2D eigenvalue weighted by Gasteiger charge is -2.21. The lowest BCUT2D eigenvalue weighted by atomic mass is 10.1. The fraction of sp³-hybridized carbons (Fsp3) is 0.600. The zero-order valence-electron chi connectivity index (χ0n) is 13.1. The van der Waals surface area contributed by atoms with Crippen LogP contribution in [0.1, 0.15) is 54.0 Å². The topological polar surface area (TPSA) is 85.3 Å². The third-order valence-electron chi connectivity index (χ3n) is 4.17. The van der Waals surface area contributed by atoms with E-state index in [1.165, 1.54) is 0 Å². The van der Waals surface area contributed by atoms with Crippen LogP contribution >= 0.6 is 0 Å². The summed E-state index contributed by atoms with van der Waals surface area (Å²) < 4.78 is 10.4. The molecule has 0 bridgehead atoms. The molecule has 1 unspecified atom stereocenters. The number of carbonyl (C=O) groups is 1. The van der Waals surface area contributed by atoms with Gasteiger partial charge in [-0.25, -0.2) is 0 Å². The lowest BCUT2D eigenvalue weighted by Crippen LogP contribution is -2.31. The Kier molecular flexibility index (Phi) is 3.96. The molecule has 0 saturated carbocycles. The van der Waals surface area contributed by atoms with Crippen LogP contribution in [0.15, 0.2) is 9.05 Å². The fourth-order valence-corrected chi connectivity index (χ4v) is 3.00. The molecule has 1 amide bonds. The first kappa shape index (κ1) is 14.7. The summed E-state index contributed by atoms with van der Waals surface area (Å²) in [6.07, 6.45) is 2.92. The molecule has 1 aliphatic heterocycles. The maximum atomic E-state index is 12.5. The number of rotatable bonds is 4. The molecule has 1 atom stereocenters. The summed E-state index contributed by atoms with van der Waals surface area (Å²) in [6, 6.07) is -0.0848. The molecule has 1 saturated heterocycles. The van der Waals surface area contributed by atoms with Crippen molar-refractivity contribution in [2.75, 3.05) is 6.54 Å². The Morgan fingerprint density at radius 3 is 2.73 bits per heavy atom. The van der Waals surface area contributed by atoms with E-state index >= 15 is 0 Å². The standard InChI is InChI=1S/C15H20N4O3/c1-9-12(10(2)21-17-9)6-7-14(20)19-8-4-5-13(19)15-16-11(3)18-22-15/h13H,4-8H2,1-3H3. The molecule has 0 spiro atoms. The smallest absolute Gasteiger partial charge is 0.249 e. The highest BCUT2D eigenvalue weighted by molar-refractivity contribution is 5.77. The second-order valence-corrected chi connectivity index (χ2v) is 5.73. The molecule has 0 N–H and O–H groups in total. The number of nitrogens with zero attached hydrogens (tertiary/aromatic N) is 4. The van der Waals surface area contributed by atoms with E-state index in [0.29, 0.717) is 24.6 Å². The molecule has 0 radical (unpaired) electrons. The molecule has 0 aliphatic carbocycles. The number of likely N-dealkylation sites (tertiary alicyclic amines) is 1. The monoisotopic (exact) mass is 304 g/mol. The first-order valence-corrected chi connectivity index (χ1v) is 7.57. The average molecular weight is 304 g/mol. The third-order valence-corrected chi connectivity index (χ3v) is 4.17. The summed E-state index contributed by atoms with van der Waals surface area (Å²) in [6.45, 7) is 6.30. The van der Waals surface area contributed by atoms with E-state index in [9.17, 15) is 4.79 Å². The number of aryl methyl sites for hydroxylation is 3. The Bertz CT molecular complexity index is 657. The number of carbonyl (C=O) groups excluding carboxylic acids is 1. The summed E-state index contributed by atoms with van der Waals surface area (Å²) in [5.74, 6) is 2.04.